The van der Waals surface area contributed by atoms with Crippen molar-refractivity contribution in [1.29, 1.82) is 0 Å². The zero-order chi connectivity index (χ0) is 11.4. The van der Waals surface area contributed by atoms with Crippen molar-refractivity contribution in [3.8, 4) is 0 Å². The number of rotatable bonds is 6. The van der Waals surface area contributed by atoms with Gasteiger partial charge in [-0.05, 0) is 13.0 Å². The maximum absolute atomic E-state index is 9.75. The Morgan fingerprint density at radius 3 is 1.57 bits per heavy atom. The van der Waals surface area contributed by atoms with E-state index in [1.54, 1.807) is 0 Å². The third-order valence-electron chi connectivity index (χ3n) is 1.56. The minimum absolute atomic E-state index is 0.867. The summed E-state index contributed by atoms with van der Waals surface area (Å²) in [6, 6.07) is 0. The predicted molar refractivity (Wildman–Crippen MR) is 52.6 cm³/mol. The van der Waals surface area contributed by atoms with Crippen LogP contribution >= 0.6 is 0 Å². The molecule has 0 radical (unpaired) electrons. The molecule has 0 unspecified atom stereocenters. The van der Waals surface area contributed by atoms with Gasteiger partial charge in [0.1, 0.15) is 0 Å². The summed E-state index contributed by atoms with van der Waals surface area (Å²) < 4.78 is 39.0. The van der Waals surface area contributed by atoms with Crippen LogP contribution in [-0.2, 0) is 0 Å². The Bertz CT molecular complexity index is 96.0. The second kappa shape index (κ2) is 10.8. The molecule has 0 aromatic heterocycles. The lowest BCUT2D eigenvalue weighted by molar-refractivity contribution is 0.368. The van der Waals surface area contributed by atoms with Crippen LogP contribution in [0.2, 0.25) is 0 Å². The Kier molecular flexibility index (Phi) is 12.5. The van der Waals surface area contributed by atoms with E-state index < -0.39 is 7.25 Å². The topological polar surface area (TPSA) is 26.0 Å². The fraction of sp³-hybridized carbons (Fsp3) is 1.00. The highest BCUT2D eigenvalue weighted by molar-refractivity contribution is 6.50. The normalized spacial score (nSPS) is 10.7. The van der Waals surface area contributed by atoms with E-state index in [4.69, 9.17) is 5.73 Å². The van der Waals surface area contributed by atoms with Crippen molar-refractivity contribution < 1.29 is 17.3 Å². The zero-order valence-corrected chi connectivity index (χ0v) is 8.62. The van der Waals surface area contributed by atoms with E-state index >= 15 is 0 Å². The molecule has 0 aliphatic heterocycles. The fourth-order valence-electron chi connectivity index (χ4n) is 0.925. The fourth-order valence-corrected chi connectivity index (χ4v) is 0.925. The molecule has 0 rings (SSSR count). The van der Waals surface area contributed by atoms with E-state index in [0.717, 1.165) is 6.54 Å². The molecule has 0 aliphatic rings. The van der Waals surface area contributed by atoms with Crippen molar-refractivity contribution in [2.45, 2.75) is 45.4 Å². The molecule has 1 nitrogen and oxygen atoms in total. The smallest absolute Gasteiger partial charge is 0.418 e. The summed E-state index contributed by atoms with van der Waals surface area (Å²) in [5, 5.41) is 0. The summed E-state index contributed by atoms with van der Waals surface area (Å²) in [6.07, 6.45) is 8.05. The van der Waals surface area contributed by atoms with Crippen molar-refractivity contribution in [2.24, 2.45) is 5.73 Å². The molecular weight excluding hydrogens is 197 g/mol. The highest BCUT2D eigenvalue weighted by Gasteiger charge is 2.20. The van der Waals surface area contributed by atoms with E-state index in [2.05, 4.69) is 6.92 Å². The lowest BCUT2D eigenvalue weighted by atomic mass is 10.1. The molecule has 88 valence electrons. The molecule has 0 heterocycles. The van der Waals surface area contributed by atoms with Crippen molar-refractivity contribution in [3.05, 3.63) is 0 Å². The third-order valence-corrected chi connectivity index (χ3v) is 1.56. The predicted octanol–water partition coefficient (Wildman–Crippen LogP) is 3.61. The Hall–Kier alpha value is -0.255. The number of halogens is 4. The first-order valence-corrected chi connectivity index (χ1v) is 4.99. The van der Waals surface area contributed by atoms with Gasteiger partial charge in [0, 0.05) is 0 Å². The average Bonchev–Trinajstić information content (AvgIpc) is 2.01. The molecule has 0 aromatic rings. The van der Waals surface area contributed by atoms with Crippen LogP contribution < -0.4 is 5.73 Å². The molecule has 0 aliphatic carbocycles. The van der Waals surface area contributed by atoms with E-state index in [9.17, 15) is 17.3 Å². The maximum atomic E-state index is 9.75. The molecular formula is C8H19BF4N-. The first-order valence-electron chi connectivity index (χ1n) is 4.99. The van der Waals surface area contributed by atoms with Gasteiger partial charge in [-0.25, -0.2) is 0 Å². The van der Waals surface area contributed by atoms with Gasteiger partial charge < -0.3 is 23.0 Å². The minimum atomic E-state index is -6.00. The molecule has 2 N–H and O–H groups in total. The van der Waals surface area contributed by atoms with E-state index in [1.807, 2.05) is 0 Å². The largest absolute Gasteiger partial charge is 0.673 e. The first kappa shape index (κ1) is 16.2. The molecule has 0 amide bonds. The van der Waals surface area contributed by atoms with Crippen molar-refractivity contribution in [1.82, 2.24) is 0 Å². The molecule has 0 aromatic carbocycles. The highest BCUT2D eigenvalue weighted by Crippen LogP contribution is 2.06. The number of hydrogen-bond acceptors (Lipinski definition) is 1. The third kappa shape index (κ3) is 41.1. The highest BCUT2D eigenvalue weighted by atomic mass is 19.5. The standard InChI is InChI=1S/C8H19N.BF4/c1-2-3-4-5-6-7-8-9;2-1(3,4)5/h2-9H2,1H3;/q;-1. The molecule has 0 bridgehead atoms. The number of unbranched alkanes of at least 4 members (excludes halogenated alkanes) is 5. The van der Waals surface area contributed by atoms with Gasteiger partial charge in [0.05, 0.1) is 0 Å². The van der Waals surface area contributed by atoms with Crippen LogP contribution in [0.5, 0.6) is 0 Å². The second-order valence-corrected chi connectivity index (χ2v) is 3.05. The van der Waals surface area contributed by atoms with E-state index in [0.29, 0.717) is 0 Å². The maximum Gasteiger partial charge on any atom is 0.673 e. The quantitative estimate of drug-likeness (QED) is 0.409. The van der Waals surface area contributed by atoms with Gasteiger partial charge in [-0.3, -0.25) is 0 Å². The van der Waals surface area contributed by atoms with Crippen LogP contribution in [-0.4, -0.2) is 13.8 Å². The summed E-state index contributed by atoms with van der Waals surface area (Å²) in [5.74, 6) is 0. The molecule has 0 saturated carbocycles. The summed E-state index contributed by atoms with van der Waals surface area (Å²) in [4.78, 5) is 0. The molecule has 0 spiro atoms. The van der Waals surface area contributed by atoms with Gasteiger partial charge in [-0.1, -0.05) is 39.0 Å². The SMILES string of the molecule is CCCCCCCCN.F[B-](F)(F)F. The molecule has 0 fully saturated rings. The lowest BCUT2D eigenvalue weighted by Gasteiger charge is -1.96. The van der Waals surface area contributed by atoms with Gasteiger partial charge in [0.15, 0.2) is 0 Å². The zero-order valence-electron chi connectivity index (χ0n) is 8.62. The van der Waals surface area contributed by atoms with Crippen LogP contribution in [0.4, 0.5) is 17.3 Å². The van der Waals surface area contributed by atoms with Gasteiger partial charge in [0.2, 0.25) is 0 Å². The molecule has 0 atom stereocenters. The van der Waals surface area contributed by atoms with Crippen LogP contribution in [0.15, 0.2) is 0 Å². The van der Waals surface area contributed by atoms with Gasteiger partial charge in [0.25, 0.3) is 0 Å². The summed E-state index contributed by atoms with van der Waals surface area (Å²) >= 11 is 0. The summed E-state index contributed by atoms with van der Waals surface area (Å²) in [5.41, 5.74) is 5.34. The summed E-state index contributed by atoms with van der Waals surface area (Å²) in [7, 11) is -6.00. The number of nitrogens with two attached hydrogens (primary N) is 1. The Balaban J connectivity index is 0. The van der Waals surface area contributed by atoms with Crippen LogP contribution in [0.1, 0.15) is 45.4 Å². The molecule has 6 heteroatoms. The van der Waals surface area contributed by atoms with E-state index in [1.165, 1.54) is 38.5 Å². The van der Waals surface area contributed by atoms with Crippen molar-refractivity contribution in [3.63, 3.8) is 0 Å². The van der Waals surface area contributed by atoms with Crippen molar-refractivity contribution >= 4 is 7.25 Å². The average molecular weight is 216 g/mol. The monoisotopic (exact) mass is 216 g/mol. The summed E-state index contributed by atoms with van der Waals surface area (Å²) in [6.45, 7) is 3.11. The molecule has 14 heavy (non-hydrogen) atoms. The van der Waals surface area contributed by atoms with E-state index in [-0.39, 0.29) is 0 Å². The number of hydrogen-bond donors (Lipinski definition) is 1. The van der Waals surface area contributed by atoms with Gasteiger partial charge in [-0.15, -0.1) is 0 Å². The molecule has 0 saturated heterocycles. The Morgan fingerprint density at radius 1 is 0.857 bits per heavy atom. The van der Waals surface area contributed by atoms with Crippen LogP contribution in [0, 0.1) is 0 Å². The van der Waals surface area contributed by atoms with Crippen molar-refractivity contribution in [2.75, 3.05) is 6.54 Å². The van der Waals surface area contributed by atoms with Gasteiger partial charge in [-0.2, -0.15) is 0 Å². The Labute approximate surface area is 83.2 Å². The first-order chi connectivity index (χ1) is 6.41. The Morgan fingerprint density at radius 2 is 1.21 bits per heavy atom. The van der Waals surface area contributed by atoms with Crippen LogP contribution in [0.25, 0.3) is 0 Å². The lowest BCUT2D eigenvalue weighted by Crippen LogP contribution is -2.02. The second-order valence-electron chi connectivity index (χ2n) is 3.05. The van der Waals surface area contributed by atoms with Crippen LogP contribution in [0.3, 0.4) is 0 Å². The minimum Gasteiger partial charge on any atom is -0.418 e. The van der Waals surface area contributed by atoms with Gasteiger partial charge >= 0.3 is 7.25 Å².